The van der Waals surface area contributed by atoms with E-state index in [4.69, 9.17) is 4.74 Å². The number of hydrogen-bond donors (Lipinski definition) is 0. The topological polar surface area (TPSA) is 29.5 Å². The van der Waals surface area contributed by atoms with Gasteiger partial charge in [0.1, 0.15) is 0 Å². The third kappa shape index (κ3) is 3.36. The monoisotopic (exact) mass is 331 g/mol. The zero-order valence-electron chi connectivity index (χ0n) is 14.1. The lowest BCUT2D eigenvalue weighted by atomic mass is 9.98. The summed E-state index contributed by atoms with van der Waals surface area (Å²) in [6, 6.07) is 24.4. The Morgan fingerprint density at radius 3 is 2.24 bits per heavy atom. The Morgan fingerprint density at radius 1 is 0.800 bits per heavy atom. The van der Waals surface area contributed by atoms with E-state index >= 15 is 0 Å². The largest absolute Gasteiger partial charge is 0.436 e. The molecule has 1 aliphatic rings. The Balaban J connectivity index is 1.69. The average molecular weight is 331 g/mol. The number of carbonyl (C=O) groups is 1. The summed E-state index contributed by atoms with van der Waals surface area (Å²) in [4.78, 5) is 14.4. The lowest BCUT2D eigenvalue weighted by molar-refractivity contribution is 0.0842. The SMILES string of the molecule is O=C(O[C@@H](c1ccccc1)c1ccc2ccccc2c1)N1CCCC1. The lowest BCUT2D eigenvalue weighted by Crippen LogP contribution is -2.30. The molecule has 0 spiro atoms. The molecule has 126 valence electrons. The fourth-order valence-electron chi connectivity index (χ4n) is 3.40. The standard InChI is InChI=1S/C22H21NO2/c24-22(23-14-6-7-15-23)25-21(18-9-2-1-3-10-18)20-13-12-17-8-4-5-11-19(17)16-20/h1-5,8-13,16,21H,6-7,14-15H2/t21-/m0/s1. The second-order valence-electron chi connectivity index (χ2n) is 6.48. The number of ether oxygens (including phenoxy) is 1. The molecule has 1 fully saturated rings. The fourth-order valence-corrected chi connectivity index (χ4v) is 3.40. The first-order valence-electron chi connectivity index (χ1n) is 8.80. The van der Waals surface area contributed by atoms with Gasteiger partial charge in [0.05, 0.1) is 0 Å². The minimum atomic E-state index is -0.390. The van der Waals surface area contributed by atoms with E-state index in [1.54, 1.807) is 4.90 Å². The van der Waals surface area contributed by atoms with Crippen molar-refractivity contribution in [3.8, 4) is 0 Å². The molecule has 1 heterocycles. The summed E-state index contributed by atoms with van der Waals surface area (Å²) in [6.07, 6.45) is 1.50. The first kappa shape index (κ1) is 15.7. The Labute approximate surface area is 147 Å². The molecule has 4 rings (SSSR count). The predicted molar refractivity (Wildman–Crippen MR) is 99.5 cm³/mol. The second kappa shape index (κ2) is 6.98. The Kier molecular flexibility index (Phi) is 4.38. The van der Waals surface area contributed by atoms with Crippen molar-refractivity contribution in [2.24, 2.45) is 0 Å². The van der Waals surface area contributed by atoms with Gasteiger partial charge in [0, 0.05) is 13.1 Å². The van der Waals surface area contributed by atoms with Gasteiger partial charge in [-0.2, -0.15) is 0 Å². The highest BCUT2D eigenvalue weighted by Crippen LogP contribution is 2.29. The minimum absolute atomic E-state index is 0.223. The summed E-state index contributed by atoms with van der Waals surface area (Å²) in [7, 11) is 0. The van der Waals surface area contributed by atoms with Crippen LogP contribution in [0.4, 0.5) is 4.79 Å². The van der Waals surface area contributed by atoms with E-state index in [-0.39, 0.29) is 12.2 Å². The summed E-state index contributed by atoms with van der Waals surface area (Å²) < 4.78 is 5.94. The van der Waals surface area contributed by atoms with Gasteiger partial charge in [0.2, 0.25) is 0 Å². The maximum Gasteiger partial charge on any atom is 0.410 e. The van der Waals surface area contributed by atoms with Gasteiger partial charge in [-0.25, -0.2) is 4.79 Å². The molecule has 1 saturated heterocycles. The van der Waals surface area contributed by atoms with Crippen LogP contribution in [0, 0.1) is 0 Å². The molecule has 1 aliphatic heterocycles. The first-order chi connectivity index (χ1) is 12.3. The van der Waals surface area contributed by atoms with E-state index < -0.39 is 0 Å². The van der Waals surface area contributed by atoms with E-state index in [1.165, 1.54) is 5.39 Å². The highest BCUT2D eigenvalue weighted by molar-refractivity contribution is 5.83. The Hall–Kier alpha value is -2.81. The van der Waals surface area contributed by atoms with E-state index in [0.29, 0.717) is 0 Å². The minimum Gasteiger partial charge on any atom is -0.436 e. The molecule has 0 unspecified atom stereocenters. The van der Waals surface area contributed by atoms with Crippen molar-refractivity contribution in [3.05, 3.63) is 83.9 Å². The molecule has 0 aliphatic carbocycles. The van der Waals surface area contributed by atoms with Crippen LogP contribution in [0.15, 0.2) is 72.8 Å². The quantitative estimate of drug-likeness (QED) is 0.663. The molecule has 25 heavy (non-hydrogen) atoms. The molecule has 3 aromatic rings. The van der Waals surface area contributed by atoms with Gasteiger partial charge in [0.25, 0.3) is 0 Å². The molecule has 3 aromatic carbocycles. The summed E-state index contributed by atoms with van der Waals surface area (Å²) in [5, 5.41) is 2.34. The van der Waals surface area contributed by atoms with Crippen LogP contribution in [-0.2, 0) is 4.74 Å². The first-order valence-corrected chi connectivity index (χ1v) is 8.80. The molecule has 0 aromatic heterocycles. The third-order valence-electron chi connectivity index (χ3n) is 4.76. The number of rotatable bonds is 3. The highest BCUT2D eigenvalue weighted by Gasteiger charge is 2.25. The average Bonchev–Trinajstić information content (AvgIpc) is 3.21. The third-order valence-corrected chi connectivity index (χ3v) is 4.76. The van der Waals surface area contributed by atoms with E-state index in [1.807, 2.05) is 42.5 Å². The zero-order chi connectivity index (χ0) is 17.1. The highest BCUT2D eigenvalue weighted by atomic mass is 16.6. The molecule has 1 atom stereocenters. The van der Waals surface area contributed by atoms with Gasteiger partial charge < -0.3 is 9.64 Å². The number of nitrogens with zero attached hydrogens (tertiary/aromatic N) is 1. The van der Waals surface area contributed by atoms with Crippen molar-refractivity contribution < 1.29 is 9.53 Å². The number of fused-ring (bicyclic) bond motifs is 1. The number of amides is 1. The van der Waals surface area contributed by atoms with Crippen molar-refractivity contribution in [2.75, 3.05) is 13.1 Å². The van der Waals surface area contributed by atoms with Gasteiger partial charge >= 0.3 is 6.09 Å². The van der Waals surface area contributed by atoms with E-state index in [2.05, 4.69) is 30.3 Å². The molecular weight excluding hydrogens is 310 g/mol. The van der Waals surface area contributed by atoms with Gasteiger partial charge in [0.15, 0.2) is 6.10 Å². The van der Waals surface area contributed by atoms with E-state index in [9.17, 15) is 4.79 Å². The number of likely N-dealkylation sites (tertiary alicyclic amines) is 1. The predicted octanol–water partition coefficient (Wildman–Crippen LogP) is 5.16. The van der Waals surface area contributed by atoms with Crippen molar-refractivity contribution >= 4 is 16.9 Å². The van der Waals surface area contributed by atoms with Crippen LogP contribution in [0.1, 0.15) is 30.1 Å². The molecule has 3 nitrogen and oxygen atoms in total. The molecule has 1 amide bonds. The summed E-state index contributed by atoms with van der Waals surface area (Å²) in [5.41, 5.74) is 1.99. The van der Waals surface area contributed by atoms with Crippen LogP contribution in [0.2, 0.25) is 0 Å². The van der Waals surface area contributed by atoms with E-state index in [0.717, 1.165) is 42.4 Å². The van der Waals surface area contributed by atoms with Crippen LogP contribution in [0.3, 0.4) is 0 Å². The molecular formula is C22H21NO2. The van der Waals surface area contributed by atoms with Crippen molar-refractivity contribution in [1.82, 2.24) is 4.90 Å². The van der Waals surface area contributed by atoms with Crippen LogP contribution in [0.25, 0.3) is 10.8 Å². The normalized spacial score (nSPS) is 15.3. The van der Waals surface area contributed by atoms with Gasteiger partial charge in [-0.15, -0.1) is 0 Å². The number of benzene rings is 3. The zero-order valence-corrected chi connectivity index (χ0v) is 14.1. The Bertz CT molecular complexity index is 869. The van der Waals surface area contributed by atoms with Gasteiger partial charge in [-0.1, -0.05) is 66.7 Å². The molecule has 0 radical (unpaired) electrons. The smallest absolute Gasteiger partial charge is 0.410 e. The molecule has 0 saturated carbocycles. The van der Waals surface area contributed by atoms with Crippen LogP contribution < -0.4 is 0 Å². The molecule has 0 bridgehead atoms. The van der Waals surface area contributed by atoms with Crippen molar-refractivity contribution in [2.45, 2.75) is 18.9 Å². The number of hydrogen-bond acceptors (Lipinski definition) is 2. The van der Waals surface area contributed by atoms with Crippen LogP contribution in [-0.4, -0.2) is 24.1 Å². The maximum absolute atomic E-state index is 12.6. The maximum atomic E-state index is 12.6. The second-order valence-corrected chi connectivity index (χ2v) is 6.48. The van der Waals surface area contributed by atoms with Gasteiger partial charge in [-0.3, -0.25) is 0 Å². The Morgan fingerprint density at radius 2 is 1.48 bits per heavy atom. The lowest BCUT2D eigenvalue weighted by Gasteiger charge is -2.23. The molecule has 3 heteroatoms. The van der Waals surface area contributed by atoms with Crippen LogP contribution in [0.5, 0.6) is 0 Å². The van der Waals surface area contributed by atoms with Crippen molar-refractivity contribution in [1.29, 1.82) is 0 Å². The molecule has 0 N–H and O–H groups in total. The van der Waals surface area contributed by atoms with Crippen molar-refractivity contribution in [3.63, 3.8) is 0 Å². The summed E-state index contributed by atoms with van der Waals surface area (Å²) >= 11 is 0. The van der Waals surface area contributed by atoms with Gasteiger partial charge in [-0.05, 0) is 40.8 Å². The summed E-state index contributed by atoms with van der Waals surface area (Å²) in [6.45, 7) is 1.58. The fraction of sp³-hybridized carbons (Fsp3) is 0.227. The number of carbonyl (C=O) groups excluding carboxylic acids is 1. The van der Waals surface area contributed by atoms with Crippen LogP contribution >= 0.6 is 0 Å². The summed E-state index contributed by atoms with van der Waals surface area (Å²) in [5.74, 6) is 0.